The lowest BCUT2D eigenvalue weighted by molar-refractivity contribution is 0.243. The Balaban J connectivity index is 1.32. The van der Waals surface area contributed by atoms with Crippen molar-refractivity contribution in [2.24, 2.45) is 0 Å². The van der Waals surface area contributed by atoms with E-state index in [1.165, 1.54) is 32.8 Å². The first kappa shape index (κ1) is 18.2. The van der Waals surface area contributed by atoms with Crippen LogP contribution >= 0.6 is 11.3 Å². The van der Waals surface area contributed by atoms with Crippen LogP contribution in [0.5, 0.6) is 0 Å². The van der Waals surface area contributed by atoms with Crippen molar-refractivity contribution in [3.8, 4) is 22.5 Å². The predicted octanol–water partition coefficient (Wildman–Crippen LogP) is 5.74. The van der Waals surface area contributed by atoms with Crippen LogP contribution in [-0.2, 0) is 19.5 Å². The van der Waals surface area contributed by atoms with Gasteiger partial charge in [0.15, 0.2) is 5.82 Å². The van der Waals surface area contributed by atoms with Gasteiger partial charge in [-0.05, 0) is 41.5 Å². The molecule has 0 aliphatic carbocycles. The standard InChI is InChI=1S/C25H23N3S/c1-18-7-9-20(10-8-18)25-26-14-21-11-12-28(16-24(21)27-25)15-23-13-22(17-29-23)19-5-3-2-4-6-19/h2-10,13-14,17H,11-12,15-16H2,1H3. The molecule has 0 unspecified atom stereocenters. The van der Waals surface area contributed by atoms with Crippen LogP contribution in [0.1, 0.15) is 21.7 Å². The first-order valence-corrected chi connectivity index (χ1v) is 10.9. The van der Waals surface area contributed by atoms with Crippen molar-refractivity contribution in [2.75, 3.05) is 6.54 Å². The third kappa shape index (κ3) is 4.00. The lowest BCUT2D eigenvalue weighted by Crippen LogP contribution is -2.30. The molecule has 0 N–H and O–H groups in total. The van der Waals surface area contributed by atoms with Crippen molar-refractivity contribution < 1.29 is 0 Å². The summed E-state index contributed by atoms with van der Waals surface area (Å²) in [6.45, 7) is 5.01. The number of aryl methyl sites for hydroxylation is 1. The molecule has 5 rings (SSSR count). The molecule has 29 heavy (non-hydrogen) atoms. The van der Waals surface area contributed by atoms with E-state index >= 15 is 0 Å². The van der Waals surface area contributed by atoms with Crippen molar-refractivity contribution in [3.63, 3.8) is 0 Å². The van der Waals surface area contributed by atoms with Gasteiger partial charge < -0.3 is 0 Å². The third-order valence-corrected chi connectivity index (χ3v) is 6.40. The number of hydrogen-bond donors (Lipinski definition) is 0. The van der Waals surface area contributed by atoms with E-state index in [9.17, 15) is 0 Å². The fraction of sp³-hybridized carbons (Fsp3) is 0.200. The van der Waals surface area contributed by atoms with Crippen LogP contribution in [-0.4, -0.2) is 21.4 Å². The number of fused-ring (bicyclic) bond motifs is 1. The first-order valence-electron chi connectivity index (χ1n) is 10.0. The van der Waals surface area contributed by atoms with E-state index in [-0.39, 0.29) is 0 Å². The summed E-state index contributed by atoms with van der Waals surface area (Å²) in [5, 5.41) is 2.26. The molecule has 0 saturated carbocycles. The maximum absolute atomic E-state index is 4.91. The molecule has 3 nitrogen and oxygen atoms in total. The highest BCUT2D eigenvalue weighted by molar-refractivity contribution is 7.10. The van der Waals surface area contributed by atoms with Crippen LogP contribution in [0.4, 0.5) is 0 Å². The van der Waals surface area contributed by atoms with Crippen molar-refractivity contribution in [1.29, 1.82) is 0 Å². The van der Waals surface area contributed by atoms with E-state index in [4.69, 9.17) is 4.98 Å². The van der Waals surface area contributed by atoms with Crippen LogP contribution in [0, 0.1) is 6.92 Å². The minimum Gasteiger partial charge on any atom is -0.292 e. The Morgan fingerprint density at radius 2 is 1.79 bits per heavy atom. The summed E-state index contributed by atoms with van der Waals surface area (Å²) in [4.78, 5) is 13.4. The Morgan fingerprint density at radius 3 is 2.62 bits per heavy atom. The normalized spacial score (nSPS) is 14.0. The molecule has 0 fully saturated rings. The van der Waals surface area contributed by atoms with Crippen LogP contribution in [0.15, 0.2) is 72.2 Å². The van der Waals surface area contributed by atoms with Gasteiger partial charge in [0.1, 0.15) is 0 Å². The third-order valence-electron chi connectivity index (χ3n) is 5.48. The highest BCUT2D eigenvalue weighted by Crippen LogP contribution is 2.28. The molecule has 3 heterocycles. The molecule has 2 aromatic carbocycles. The van der Waals surface area contributed by atoms with Gasteiger partial charge in [-0.2, -0.15) is 0 Å². The van der Waals surface area contributed by atoms with Crippen LogP contribution < -0.4 is 0 Å². The van der Waals surface area contributed by atoms with Crippen LogP contribution in [0.25, 0.3) is 22.5 Å². The Morgan fingerprint density at radius 1 is 0.966 bits per heavy atom. The Bertz CT molecular complexity index is 1120. The van der Waals surface area contributed by atoms with Gasteiger partial charge in [-0.3, -0.25) is 4.90 Å². The van der Waals surface area contributed by atoms with Gasteiger partial charge in [0.25, 0.3) is 0 Å². The Hall–Kier alpha value is -2.82. The molecule has 4 aromatic rings. The minimum absolute atomic E-state index is 0.827. The first-order chi connectivity index (χ1) is 14.2. The zero-order valence-corrected chi connectivity index (χ0v) is 17.3. The molecule has 0 atom stereocenters. The van der Waals surface area contributed by atoms with Crippen molar-refractivity contribution in [2.45, 2.75) is 26.4 Å². The molecule has 0 saturated heterocycles. The highest BCUT2D eigenvalue weighted by atomic mass is 32.1. The molecular weight excluding hydrogens is 374 g/mol. The van der Waals surface area contributed by atoms with Crippen molar-refractivity contribution >= 4 is 11.3 Å². The number of aromatic nitrogens is 2. The summed E-state index contributed by atoms with van der Waals surface area (Å²) in [7, 11) is 0. The Labute approximate surface area is 175 Å². The number of hydrogen-bond acceptors (Lipinski definition) is 4. The Kier molecular flexibility index (Phi) is 4.96. The maximum Gasteiger partial charge on any atom is 0.159 e. The summed E-state index contributed by atoms with van der Waals surface area (Å²) in [5.41, 5.74) is 7.39. The molecule has 0 bridgehead atoms. The average molecular weight is 398 g/mol. The van der Waals surface area contributed by atoms with Gasteiger partial charge >= 0.3 is 0 Å². The summed E-state index contributed by atoms with van der Waals surface area (Å²) < 4.78 is 0. The molecular formula is C25H23N3S. The number of thiophene rings is 1. The maximum atomic E-state index is 4.91. The molecule has 4 heteroatoms. The van der Waals surface area contributed by atoms with Crippen LogP contribution in [0.2, 0.25) is 0 Å². The fourth-order valence-corrected chi connectivity index (χ4v) is 4.73. The van der Waals surface area contributed by atoms with Gasteiger partial charge in [0.05, 0.1) is 5.69 Å². The van der Waals surface area contributed by atoms with E-state index in [0.29, 0.717) is 0 Å². The van der Waals surface area contributed by atoms with Crippen molar-refractivity contribution in [1.82, 2.24) is 14.9 Å². The van der Waals surface area contributed by atoms with E-state index in [1.54, 1.807) is 0 Å². The van der Waals surface area contributed by atoms with E-state index in [2.05, 4.69) is 82.9 Å². The highest BCUT2D eigenvalue weighted by Gasteiger charge is 2.19. The van der Waals surface area contributed by atoms with E-state index in [1.807, 2.05) is 17.5 Å². The van der Waals surface area contributed by atoms with E-state index in [0.717, 1.165) is 37.4 Å². The summed E-state index contributed by atoms with van der Waals surface area (Å²) in [5.74, 6) is 0.827. The zero-order valence-electron chi connectivity index (χ0n) is 16.5. The number of nitrogens with zero attached hydrogens (tertiary/aromatic N) is 3. The lowest BCUT2D eigenvalue weighted by Gasteiger charge is -2.27. The van der Waals surface area contributed by atoms with E-state index < -0.39 is 0 Å². The molecule has 0 amide bonds. The molecule has 1 aliphatic rings. The smallest absolute Gasteiger partial charge is 0.159 e. The van der Waals surface area contributed by atoms with Gasteiger partial charge in [0.2, 0.25) is 0 Å². The SMILES string of the molecule is Cc1ccc(-c2ncc3c(n2)CN(Cc2cc(-c4ccccc4)cs2)CC3)cc1. The van der Waals surface area contributed by atoms with Gasteiger partial charge in [-0.1, -0.05) is 60.2 Å². The molecule has 1 aliphatic heterocycles. The van der Waals surface area contributed by atoms with Gasteiger partial charge in [0, 0.05) is 36.3 Å². The molecule has 2 aromatic heterocycles. The fourth-order valence-electron chi connectivity index (χ4n) is 3.80. The molecule has 0 spiro atoms. The minimum atomic E-state index is 0.827. The zero-order chi connectivity index (χ0) is 19.6. The average Bonchev–Trinajstić information content (AvgIpc) is 3.23. The summed E-state index contributed by atoms with van der Waals surface area (Å²) >= 11 is 1.85. The van der Waals surface area contributed by atoms with Crippen molar-refractivity contribution in [3.05, 3.63) is 93.9 Å². The second-order valence-electron chi connectivity index (χ2n) is 7.66. The topological polar surface area (TPSA) is 29.0 Å². The lowest BCUT2D eigenvalue weighted by atomic mass is 10.1. The predicted molar refractivity (Wildman–Crippen MR) is 120 cm³/mol. The second-order valence-corrected chi connectivity index (χ2v) is 8.66. The molecule has 0 radical (unpaired) electrons. The van der Waals surface area contributed by atoms with Gasteiger partial charge in [-0.15, -0.1) is 11.3 Å². The largest absolute Gasteiger partial charge is 0.292 e. The monoisotopic (exact) mass is 397 g/mol. The number of rotatable bonds is 4. The number of benzene rings is 2. The van der Waals surface area contributed by atoms with Gasteiger partial charge in [-0.25, -0.2) is 9.97 Å². The second kappa shape index (κ2) is 7.90. The molecule has 144 valence electrons. The summed E-state index contributed by atoms with van der Waals surface area (Å²) in [6.07, 6.45) is 3.04. The van der Waals surface area contributed by atoms with Crippen LogP contribution in [0.3, 0.4) is 0 Å². The summed E-state index contributed by atoms with van der Waals surface area (Å²) in [6, 6.07) is 21.4. The quantitative estimate of drug-likeness (QED) is 0.440.